The molecule has 1 aliphatic rings. The summed E-state index contributed by atoms with van der Waals surface area (Å²) in [6.07, 6.45) is 13.8. The molecule has 102 valence electrons. The topological polar surface area (TPSA) is 38.0 Å². The van der Waals surface area contributed by atoms with Crippen LogP contribution in [-0.4, -0.2) is 6.04 Å². The average Bonchev–Trinajstić information content (AvgIpc) is 2.26. The molecule has 2 nitrogen and oxygen atoms in total. The molecule has 0 aromatic heterocycles. The second-order valence-corrected chi connectivity index (χ2v) is 6.01. The highest BCUT2D eigenvalue weighted by Crippen LogP contribution is 2.28. The van der Waals surface area contributed by atoms with Crippen LogP contribution in [0.2, 0.25) is 0 Å². The molecule has 0 spiro atoms. The summed E-state index contributed by atoms with van der Waals surface area (Å²) in [6, 6.07) is 0.551. The number of nitrogens with two attached hydrogens (primary N) is 1. The summed E-state index contributed by atoms with van der Waals surface area (Å²) >= 11 is 0. The molecule has 0 aliphatic heterocycles. The van der Waals surface area contributed by atoms with Crippen molar-refractivity contribution in [1.82, 2.24) is 5.43 Å². The van der Waals surface area contributed by atoms with Gasteiger partial charge in [0.1, 0.15) is 0 Å². The molecule has 17 heavy (non-hydrogen) atoms. The van der Waals surface area contributed by atoms with Crippen molar-refractivity contribution in [2.75, 3.05) is 0 Å². The molecule has 0 aromatic rings. The van der Waals surface area contributed by atoms with Crippen molar-refractivity contribution in [3.8, 4) is 0 Å². The van der Waals surface area contributed by atoms with Crippen LogP contribution in [0.15, 0.2) is 0 Å². The number of hydrazine groups is 1. The molecule has 2 unspecified atom stereocenters. The fourth-order valence-corrected chi connectivity index (χ4v) is 3.33. The van der Waals surface area contributed by atoms with Crippen molar-refractivity contribution in [2.45, 2.75) is 84.1 Å². The molecule has 1 aliphatic carbocycles. The summed E-state index contributed by atoms with van der Waals surface area (Å²) in [7, 11) is 0. The summed E-state index contributed by atoms with van der Waals surface area (Å²) in [4.78, 5) is 0. The maximum Gasteiger partial charge on any atom is 0.0241 e. The van der Waals surface area contributed by atoms with Crippen molar-refractivity contribution < 1.29 is 0 Å². The Balaban J connectivity index is 2.40. The van der Waals surface area contributed by atoms with Crippen molar-refractivity contribution in [3.63, 3.8) is 0 Å². The van der Waals surface area contributed by atoms with Crippen LogP contribution in [-0.2, 0) is 0 Å². The molecule has 0 radical (unpaired) electrons. The Kier molecular flexibility index (Phi) is 7.87. The van der Waals surface area contributed by atoms with Crippen LogP contribution < -0.4 is 11.3 Å². The van der Waals surface area contributed by atoms with Gasteiger partial charge in [0.2, 0.25) is 0 Å². The molecular formula is C15H32N2. The van der Waals surface area contributed by atoms with Gasteiger partial charge in [0.25, 0.3) is 0 Å². The highest BCUT2D eigenvalue weighted by molar-refractivity contribution is 4.78. The zero-order chi connectivity index (χ0) is 12.5. The van der Waals surface area contributed by atoms with Gasteiger partial charge in [-0.2, -0.15) is 0 Å². The number of hydrogen-bond acceptors (Lipinski definition) is 2. The highest BCUT2D eigenvalue weighted by Gasteiger charge is 2.22. The molecule has 1 rings (SSSR count). The van der Waals surface area contributed by atoms with Crippen molar-refractivity contribution in [3.05, 3.63) is 0 Å². The first-order valence-corrected chi connectivity index (χ1v) is 7.74. The van der Waals surface area contributed by atoms with Gasteiger partial charge >= 0.3 is 0 Å². The van der Waals surface area contributed by atoms with Gasteiger partial charge in [0.05, 0.1) is 0 Å². The van der Waals surface area contributed by atoms with Crippen LogP contribution in [0.4, 0.5) is 0 Å². The molecule has 1 fully saturated rings. The van der Waals surface area contributed by atoms with E-state index in [4.69, 9.17) is 5.84 Å². The lowest BCUT2D eigenvalue weighted by molar-refractivity contribution is 0.248. The van der Waals surface area contributed by atoms with Crippen LogP contribution in [0.3, 0.4) is 0 Å². The van der Waals surface area contributed by atoms with Gasteiger partial charge in [0.15, 0.2) is 0 Å². The summed E-state index contributed by atoms with van der Waals surface area (Å²) < 4.78 is 0. The Morgan fingerprint density at radius 2 is 1.71 bits per heavy atom. The normalized spacial score (nSPS) is 22.8. The van der Waals surface area contributed by atoms with Crippen LogP contribution in [0.1, 0.15) is 78.1 Å². The smallest absolute Gasteiger partial charge is 0.0241 e. The number of nitrogens with one attached hydrogen (secondary N) is 1. The molecule has 1 saturated carbocycles. The first-order valence-electron chi connectivity index (χ1n) is 7.74. The maximum absolute atomic E-state index is 5.79. The Morgan fingerprint density at radius 3 is 2.24 bits per heavy atom. The molecule has 2 atom stereocenters. The number of hydrogen-bond donors (Lipinski definition) is 2. The molecule has 3 N–H and O–H groups in total. The predicted octanol–water partition coefficient (Wildman–Crippen LogP) is 4.01. The van der Waals surface area contributed by atoms with E-state index >= 15 is 0 Å². The van der Waals surface area contributed by atoms with Crippen LogP contribution >= 0.6 is 0 Å². The van der Waals surface area contributed by atoms with Gasteiger partial charge in [-0.3, -0.25) is 11.3 Å². The summed E-state index contributed by atoms with van der Waals surface area (Å²) in [5.41, 5.74) is 3.11. The Hall–Kier alpha value is -0.0800. The third-order valence-corrected chi connectivity index (χ3v) is 4.37. The van der Waals surface area contributed by atoms with Gasteiger partial charge in [-0.05, 0) is 31.1 Å². The second-order valence-electron chi connectivity index (χ2n) is 6.01. The lowest BCUT2D eigenvalue weighted by Gasteiger charge is -2.30. The van der Waals surface area contributed by atoms with E-state index in [1.165, 1.54) is 64.2 Å². The average molecular weight is 240 g/mol. The molecule has 0 saturated heterocycles. The van der Waals surface area contributed by atoms with Gasteiger partial charge in [-0.25, -0.2) is 0 Å². The molecular weight excluding hydrogens is 208 g/mol. The minimum Gasteiger partial charge on any atom is -0.271 e. The molecule has 2 heteroatoms. The Morgan fingerprint density at radius 1 is 1.12 bits per heavy atom. The molecule has 0 heterocycles. The summed E-state index contributed by atoms with van der Waals surface area (Å²) in [5, 5.41) is 0. The van der Waals surface area contributed by atoms with Gasteiger partial charge in [-0.15, -0.1) is 0 Å². The monoisotopic (exact) mass is 240 g/mol. The Bertz CT molecular complexity index is 174. The van der Waals surface area contributed by atoms with Crippen molar-refractivity contribution in [1.29, 1.82) is 0 Å². The molecule has 0 aromatic carbocycles. The summed E-state index contributed by atoms with van der Waals surface area (Å²) in [6.45, 7) is 4.65. The number of rotatable bonds is 6. The van der Waals surface area contributed by atoms with E-state index < -0.39 is 0 Å². The SMILES string of the molecule is CCCC(C)CC(NN)C1CCCCCCC1. The highest BCUT2D eigenvalue weighted by atomic mass is 15.2. The molecule has 0 amide bonds. The Labute approximate surface area is 108 Å². The van der Waals surface area contributed by atoms with Crippen molar-refractivity contribution >= 4 is 0 Å². The standard InChI is InChI=1S/C15H32N2/c1-3-9-13(2)12-15(17-16)14-10-7-5-4-6-8-11-14/h13-15,17H,3-12,16H2,1-2H3. The zero-order valence-electron chi connectivity index (χ0n) is 11.9. The maximum atomic E-state index is 5.79. The minimum atomic E-state index is 0.551. The van der Waals surface area contributed by atoms with E-state index in [-0.39, 0.29) is 0 Å². The van der Waals surface area contributed by atoms with E-state index in [2.05, 4.69) is 19.3 Å². The fourth-order valence-electron chi connectivity index (χ4n) is 3.33. The third-order valence-electron chi connectivity index (χ3n) is 4.37. The second kappa shape index (κ2) is 8.93. The fraction of sp³-hybridized carbons (Fsp3) is 1.00. The first kappa shape index (κ1) is 15.0. The van der Waals surface area contributed by atoms with Gasteiger partial charge < -0.3 is 0 Å². The quantitative estimate of drug-likeness (QED) is 0.544. The zero-order valence-corrected chi connectivity index (χ0v) is 11.9. The van der Waals surface area contributed by atoms with E-state index in [1.54, 1.807) is 0 Å². The van der Waals surface area contributed by atoms with Crippen molar-refractivity contribution in [2.24, 2.45) is 17.7 Å². The van der Waals surface area contributed by atoms with Crippen LogP contribution in [0.5, 0.6) is 0 Å². The van der Waals surface area contributed by atoms with Crippen LogP contribution in [0, 0.1) is 11.8 Å². The first-order chi connectivity index (χ1) is 8.27. The van der Waals surface area contributed by atoms with E-state index in [0.29, 0.717) is 6.04 Å². The minimum absolute atomic E-state index is 0.551. The summed E-state index contributed by atoms with van der Waals surface area (Å²) in [5.74, 6) is 7.42. The largest absolute Gasteiger partial charge is 0.271 e. The predicted molar refractivity (Wildman–Crippen MR) is 75.6 cm³/mol. The van der Waals surface area contributed by atoms with Gasteiger partial charge in [-0.1, -0.05) is 58.8 Å². The van der Waals surface area contributed by atoms with E-state index in [9.17, 15) is 0 Å². The van der Waals surface area contributed by atoms with Gasteiger partial charge in [0, 0.05) is 6.04 Å². The van der Waals surface area contributed by atoms with E-state index in [1.807, 2.05) is 0 Å². The van der Waals surface area contributed by atoms with E-state index in [0.717, 1.165) is 11.8 Å². The lowest BCUT2D eigenvalue weighted by Crippen LogP contribution is -2.42. The third kappa shape index (κ3) is 5.87. The molecule has 0 bridgehead atoms. The van der Waals surface area contributed by atoms with Crippen LogP contribution in [0.25, 0.3) is 0 Å². The lowest BCUT2D eigenvalue weighted by atomic mass is 9.82.